The number of hydrogen-bond acceptors (Lipinski definition) is 5. The monoisotopic (exact) mass is 462 g/mol. The molecule has 3 aromatic rings. The van der Waals surface area contributed by atoms with Crippen molar-refractivity contribution < 1.29 is 8.42 Å². The average molecular weight is 463 g/mol. The molecule has 1 aliphatic heterocycles. The summed E-state index contributed by atoms with van der Waals surface area (Å²) >= 11 is 11.9. The molecule has 0 N–H and O–H groups in total. The third kappa shape index (κ3) is 4.37. The second kappa shape index (κ2) is 8.63. The van der Waals surface area contributed by atoms with Crippen molar-refractivity contribution in [3.8, 4) is 17.1 Å². The van der Waals surface area contributed by atoms with E-state index in [2.05, 4.69) is 4.90 Å². The zero-order valence-corrected chi connectivity index (χ0v) is 19.0. The maximum Gasteiger partial charge on any atom is 0.204 e. The van der Waals surface area contributed by atoms with Crippen LogP contribution in [0.1, 0.15) is 13.3 Å². The molecule has 2 aromatic carbocycles. The van der Waals surface area contributed by atoms with Gasteiger partial charge in [0.1, 0.15) is 0 Å². The molecule has 1 aliphatic rings. The van der Waals surface area contributed by atoms with Crippen LogP contribution in [0.5, 0.6) is 0 Å². The third-order valence-corrected chi connectivity index (χ3v) is 7.80. The Bertz CT molecular complexity index is 1190. The lowest BCUT2D eigenvalue weighted by Crippen LogP contribution is -2.37. The van der Waals surface area contributed by atoms with Gasteiger partial charge in [0.2, 0.25) is 4.77 Å². The van der Waals surface area contributed by atoms with Crippen LogP contribution < -0.4 is 0 Å². The Hall–Kier alpha value is -2.00. The van der Waals surface area contributed by atoms with E-state index in [9.17, 15) is 8.42 Å². The minimum Gasteiger partial charge on any atom is -0.281 e. The standard InChI is InChI=1S/C21H23ClN4O2S2/c1-2-24(19-12-13-30(27,28)14-19)15-25-21(29)26(18-6-4-3-5-7-18)20(23-25)16-8-10-17(22)11-9-16/h3-11,19H,2,12-15H2,1H3/t19-/m0/s1. The first-order valence-corrected chi connectivity index (χ1v) is 12.4. The molecule has 30 heavy (non-hydrogen) atoms. The fraction of sp³-hybridized carbons (Fsp3) is 0.333. The molecule has 1 atom stereocenters. The van der Waals surface area contributed by atoms with Crippen molar-refractivity contribution >= 4 is 33.7 Å². The Morgan fingerprint density at radius 1 is 1.17 bits per heavy atom. The molecule has 0 radical (unpaired) electrons. The lowest BCUT2D eigenvalue weighted by atomic mass is 10.2. The van der Waals surface area contributed by atoms with Crippen LogP contribution in [0, 0.1) is 4.77 Å². The topological polar surface area (TPSA) is 60.1 Å². The van der Waals surface area contributed by atoms with Crippen LogP contribution in [0.15, 0.2) is 54.6 Å². The van der Waals surface area contributed by atoms with Crippen LogP contribution in [0.4, 0.5) is 0 Å². The van der Waals surface area contributed by atoms with Crippen LogP contribution in [-0.2, 0) is 16.5 Å². The van der Waals surface area contributed by atoms with Gasteiger partial charge in [-0.15, -0.1) is 5.10 Å². The van der Waals surface area contributed by atoms with Gasteiger partial charge in [0.05, 0.1) is 18.2 Å². The molecule has 1 saturated heterocycles. The lowest BCUT2D eigenvalue weighted by Gasteiger charge is -2.26. The van der Waals surface area contributed by atoms with Gasteiger partial charge in [-0.05, 0) is 61.6 Å². The van der Waals surface area contributed by atoms with Crippen molar-refractivity contribution in [3.05, 3.63) is 64.4 Å². The Balaban J connectivity index is 1.76. The molecular formula is C21H23ClN4O2S2. The molecule has 0 spiro atoms. The predicted octanol–water partition coefficient (Wildman–Crippen LogP) is 4.19. The first-order chi connectivity index (χ1) is 14.4. The molecule has 158 valence electrons. The summed E-state index contributed by atoms with van der Waals surface area (Å²) in [6.45, 7) is 3.19. The van der Waals surface area contributed by atoms with E-state index in [1.165, 1.54) is 0 Å². The number of rotatable bonds is 6. The van der Waals surface area contributed by atoms with Crippen molar-refractivity contribution in [3.63, 3.8) is 0 Å². The smallest absolute Gasteiger partial charge is 0.204 e. The van der Waals surface area contributed by atoms with E-state index >= 15 is 0 Å². The van der Waals surface area contributed by atoms with Gasteiger partial charge < -0.3 is 0 Å². The maximum absolute atomic E-state index is 12.0. The quantitative estimate of drug-likeness (QED) is 0.514. The van der Waals surface area contributed by atoms with Gasteiger partial charge in [-0.25, -0.2) is 13.1 Å². The number of hydrogen-bond donors (Lipinski definition) is 0. The van der Waals surface area contributed by atoms with Crippen molar-refractivity contribution in [2.75, 3.05) is 18.1 Å². The zero-order valence-electron chi connectivity index (χ0n) is 16.6. The Morgan fingerprint density at radius 3 is 2.47 bits per heavy atom. The Labute approximate surface area is 186 Å². The summed E-state index contributed by atoms with van der Waals surface area (Å²) < 4.78 is 28.2. The minimum atomic E-state index is -2.96. The van der Waals surface area contributed by atoms with Gasteiger partial charge >= 0.3 is 0 Å². The third-order valence-electron chi connectivity index (χ3n) is 5.40. The fourth-order valence-corrected chi connectivity index (χ4v) is 5.98. The van der Waals surface area contributed by atoms with E-state index in [1.54, 1.807) is 4.68 Å². The van der Waals surface area contributed by atoms with Crippen LogP contribution in [0.2, 0.25) is 5.02 Å². The van der Waals surface area contributed by atoms with Gasteiger partial charge in [0, 0.05) is 22.3 Å². The Kier molecular flexibility index (Phi) is 6.11. The average Bonchev–Trinajstić information content (AvgIpc) is 3.26. The van der Waals surface area contributed by atoms with E-state index in [1.807, 2.05) is 66.1 Å². The number of aromatic nitrogens is 3. The van der Waals surface area contributed by atoms with Gasteiger partial charge in [0.15, 0.2) is 15.7 Å². The highest BCUT2D eigenvalue weighted by atomic mass is 35.5. The summed E-state index contributed by atoms with van der Waals surface area (Å²) in [6, 6.07) is 17.3. The van der Waals surface area contributed by atoms with Crippen LogP contribution in [-0.4, -0.2) is 51.8 Å². The van der Waals surface area contributed by atoms with Gasteiger partial charge in [-0.2, -0.15) is 0 Å². The van der Waals surface area contributed by atoms with E-state index in [0.29, 0.717) is 22.9 Å². The van der Waals surface area contributed by atoms with Gasteiger partial charge in [-0.3, -0.25) is 9.47 Å². The summed E-state index contributed by atoms with van der Waals surface area (Å²) in [5.41, 5.74) is 1.82. The minimum absolute atomic E-state index is 0.0113. The van der Waals surface area contributed by atoms with Crippen molar-refractivity contribution in [1.82, 2.24) is 19.2 Å². The van der Waals surface area contributed by atoms with Crippen LogP contribution >= 0.6 is 23.8 Å². The highest BCUT2D eigenvalue weighted by molar-refractivity contribution is 7.91. The number of benzene rings is 2. The van der Waals surface area contributed by atoms with E-state index in [4.69, 9.17) is 28.9 Å². The van der Waals surface area contributed by atoms with Crippen molar-refractivity contribution in [1.29, 1.82) is 0 Å². The molecule has 9 heteroatoms. The largest absolute Gasteiger partial charge is 0.281 e. The summed E-state index contributed by atoms with van der Waals surface area (Å²) in [4.78, 5) is 2.13. The SMILES string of the molecule is CCN(Cn1nc(-c2ccc(Cl)cc2)n(-c2ccccc2)c1=S)[C@H]1CCS(=O)(=O)C1. The molecule has 0 aliphatic carbocycles. The maximum atomic E-state index is 12.0. The highest BCUT2D eigenvalue weighted by Crippen LogP contribution is 2.25. The summed E-state index contributed by atoms with van der Waals surface area (Å²) in [5, 5.41) is 5.48. The molecule has 4 rings (SSSR count). The molecule has 1 fully saturated rings. The lowest BCUT2D eigenvalue weighted by molar-refractivity contribution is 0.164. The molecular weight excluding hydrogens is 440 g/mol. The van der Waals surface area contributed by atoms with E-state index < -0.39 is 9.84 Å². The van der Waals surface area contributed by atoms with E-state index in [0.717, 1.165) is 23.6 Å². The fourth-order valence-electron chi connectivity index (χ4n) is 3.80. The van der Waals surface area contributed by atoms with Gasteiger partial charge in [0.25, 0.3) is 0 Å². The van der Waals surface area contributed by atoms with Crippen LogP contribution in [0.3, 0.4) is 0 Å². The Morgan fingerprint density at radius 2 is 1.87 bits per heavy atom. The first kappa shape index (κ1) is 21.2. The molecule has 2 heterocycles. The molecule has 1 aromatic heterocycles. The predicted molar refractivity (Wildman–Crippen MR) is 122 cm³/mol. The van der Waals surface area contributed by atoms with Crippen LogP contribution in [0.25, 0.3) is 17.1 Å². The highest BCUT2D eigenvalue weighted by Gasteiger charge is 2.32. The molecule has 0 amide bonds. The second-order valence-corrected chi connectivity index (χ2v) is 10.4. The van der Waals surface area contributed by atoms with Crippen molar-refractivity contribution in [2.24, 2.45) is 0 Å². The van der Waals surface area contributed by atoms with E-state index in [-0.39, 0.29) is 17.5 Å². The number of sulfone groups is 1. The molecule has 0 unspecified atom stereocenters. The normalized spacial score (nSPS) is 18.2. The van der Waals surface area contributed by atoms with Gasteiger partial charge in [-0.1, -0.05) is 36.7 Å². The summed E-state index contributed by atoms with van der Waals surface area (Å²) in [6.07, 6.45) is 0.646. The summed E-state index contributed by atoms with van der Waals surface area (Å²) in [7, 11) is -2.96. The number of nitrogens with zero attached hydrogens (tertiary/aromatic N) is 4. The molecule has 0 saturated carbocycles. The van der Waals surface area contributed by atoms with Crippen molar-refractivity contribution in [2.45, 2.75) is 26.1 Å². The second-order valence-electron chi connectivity index (χ2n) is 7.39. The number of halogens is 1. The first-order valence-electron chi connectivity index (χ1n) is 9.83. The molecule has 0 bridgehead atoms. The number of para-hydroxylation sites is 1. The molecule has 6 nitrogen and oxygen atoms in total. The summed E-state index contributed by atoms with van der Waals surface area (Å²) in [5.74, 6) is 1.16. The zero-order chi connectivity index (χ0) is 21.3.